The first-order valence-corrected chi connectivity index (χ1v) is 12.2. The van der Waals surface area contributed by atoms with Crippen molar-refractivity contribution < 1.29 is 43.5 Å². The van der Waals surface area contributed by atoms with Crippen LogP contribution in [0.3, 0.4) is 0 Å². The van der Waals surface area contributed by atoms with Crippen LogP contribution in [0.1, 0.15) is 52.7 Å². The van der Waals surface area contributed by atoms with E-state index in [1.807, 2.05) is 34.6 Å². The summed E-state index contributed by atoms with van der Waals surface area (Å²) in [4.78, 5) is 25.2. The van der Waals surface area contributed by atoms with E-state index in [0.717, 1.165) is 0 Å². The van der Waals surface area contributed by atoms with Crippen LogP contribution < -0.4 is 0 Å². The molecule has 0 spiro atoms. The third kappa shape index (κ3) is 2.99. The van der Waals surface area contributed by atoms with E-state index in [0.29, 0.717) is 22.5 Å². The first kappa shape index (κ1) is 25.0. The summed E-state index contributed by atoms with van der Waals surface area (Å²) in [6.07, 6.45) is -0.954. The van der Waals surface area contributed by atoms with E-state index in [4.69, 9.17) is 18.6 Å². The molecular formula is C27H34O9. The maximum atomic E-state index is 12.6. The number of fused-ring (bicyclic) bond motifs is 4. The van der Waals surface area contributed by atoms with E-state index >= 15 is 0 Å². The summed E-state index contributed by atoms with van der Waals surface area (Å²) in [6.45, 7) is 9.19. The highest BCUT2D eigenvalue weighted by Crippen LogP contribution is 2.69. The van der Waals surface area contributed by atoms with Crippen LogP contribution in [0.25, 0.3) is 0 Å². The number of esters is 2. The summed E-state index contributed by atoms with van der Waals surface area (Å²) in [6, 6.07) is 1.70. The molecule has 196 valence electrons. The molecule has 3 N–H and O–H groups in total. The number of rotatable bonds is 3. The first-order chi connectivity index (χ1) is 16.8. The molecule has 2 aliphatic carbocycles. The maximum Gasteiger partial charge on any atom is 0.331 e. The Morgan fingerprint density at radius 2 is 1.81 bits per heavy atom. The fraction of sp³-hybridized carbons (Fsp3) is 0.630. The number of hydrogen-bond donors (Lipinski definition) is 3. The van der Waals surface area contributed by atoms with Gasteiger partial charge in [0.25, 0.3) is 0 Å². The van der Waals surface area contributed by atoms with Crippen LogP contribution in [0.4, 0.5) is 0 Å². The van der Waals surface area contributed by atoms with Crippen LogP contribution in [0.5, 0.6) is 0 Å². The van der Waals surface area contributed by atoms with Crippen molar-refractivity contribution >= 4 is 11.9 Å². The van der Waals surface area contributed by atoms with Gasteiger partial charge in [-0.2, -0.15) is 0 Å². The van der Waals surface area contributed by atoms with Gasteiger partial charge in [0.2, 0.25) is 0 Å². The molecule has 1 aromatic heterocycles. The van der Waals surface area contributed by atoms with Gasteiger partial charge in [0, 0.05) is 23.5 Å². The van der Waals surface area contributed by atoms with Gasteiger partial charge in [0.15, 0.2) is 0 Å². The van der Waals surface area contributed by atoms with Crippen molar-refractivity contribution in [3.8, 4) is 0 Å². The smallest absolute Gasteiger partial charge is 0.331 e. The Hall–Kier alpha value is -2.62. The number of carbonyl (C=O) groups is 2. The normalized spacial score (nSPS) is 43.0. The molecule has 1 saturated heterocycles. The lowest BCUT2D eigenvalue weighted by molar-refractivity contribution is -0.221. The Morgan fingerprint density at radius 3 is 2.42 bits per heavy atom. The minimum Gasteiger partial charge on any atom is -0.491 e. The SMILES string of the molecule is COC(=O)CC1C(C)(C)C(O)C(O)C2OC3=C(C)C4=CC(=O)OC(c5ccoc5)C4(C)C(O)C3C21C. The van der Waals surface area contributed by atoms with Gasteiger partial charge in [-0.3, -0.25) is 4.79 Å². The molecular weight excluding hydrogens is 468 g/mol. The van der Waals surface area contributed by atoms with E-state index in [1.54, 1.807) is 6.07 Å². The zero-order valence-corrected chi connectivity index (χ0v) is 21.3. The summed E-state index contributed by atoms with van der Waals surface area (Å²) in [5.41, 5.74) is -1.08. The number of hydrogen-bond acceptors (Lipinski definition) is 9. The van der Waals surface area contributed by atoms with Gasteiger partial charge in [-0.15, -0.1) is 0 Å². The highest BCUT2D eigenvalue weighted by molar-refractivity contribution is 5.86. The van der Waals surface area contributed by atoms with Crippen molar-refractivity contribution in [2.24, 2.45) is 28.1 Å². The lowest BCUT2D eigenvalue weighted by atomic mass is 9.46. The van der Waals surface area contributed by atoms with Crippen molar-refractivity contribution in [1.29, 1.82) is 0 Å². The van der Waals surface area contributed by atoms with Crippen LogP contribution in [0.2, 0.25) is 0 Å². The summed E-state index contributed by atoms with van der Waals surface area (Å²) < 4.78 is 22.4. The van der Waals surface area contributed by atoms with Gasteiger partial charge in [0.1, 0.15) is 24.1 Å². The molecule has 9 nitrogen and oxygen atoms in total. The van der Waals surface area contributed by atoms with Crippen LogP contribution in [0.15, 0.2) is 46.0 Å². The van der Waals surface area contributed by atoms with E-state index < -0.39 is 70.5 Å². The quantitative estimate of drug-likeness (QED) is 0.533. The molecule has 3 heterocycles. The van der Waals surface area contributed by atoms with Crippen LogP contribution in [0, 0.1) is 28.1 Å². The lowest BCUT2D eigenvalue weighted by Gasteiger charge is -2.58. The highest BCUT2D eigenvalue weighted by Gasteiger charge is 2.72. The summed E-state index contributed by atoms with van der Waals surface area (Å²) in [7, 11) is 1.31. The standard InChI is InChI=1S/C27H34O9/c1-12-14-9-17(29)35-23(13-7-8-34-11-13)26(14,4)21(31)18-20(12)36-24-19(30)22(32)25(2,3)15(27(18,24)5)10-16(28)33-6/h7-9,11,15,18-19,21-24,30-32H,10H2,1-6H3. The number of carbonyl (C=O) groups excluding carboxylic acids is 2. The minimum atomic E-state index is -1.26. The van der Waals surface area contributed by atoms with Crippen LogP contribution >= 0.6 is 0 Å². The third-order valence-electron chi connectivity index (χ3n) is 9.63. The van der Waals surface area contributed by atoms with Crippen molar-refractivity contribution in [2.75, 3.05) is 7.11 Å². The van der Waals surface area contributed by atoms with Gasteiger partial charge < -0.3 is 33.9 Å². The van der Waals surface area contributed by atoms with Crippen LogP contribution in [-0.2, 0) is 23.8 Å². The average molecular weight is 503 g/mol. The molecule has 0 aromatic carbocycles. The minimum absolute atomic E-state index is 0.0290. The van der Waals surface area contributed by atoms with E-state index in [2.05, 4.69) is 0 Å². The highest BCUT2D eigenvalue weighted by atomic mass is 16.5. The van der Waals surface area contributed by atoms with Crippen LogP contribution in [-0.4, -0.2) is 58.8 Å². The Bertz CT molecular complexity index is 1150. The number of methoxy groups -OCH3 is 1. The molecule has 0 radical (unpaired) electrons. The van der Waals surface area contributed by atoms with Gasteiger partial charge in [-0.1, -0.05) is 20.8 Å². The maximum absolute atomic E-state index is 12.6. The van der Waals surface area contributed by atoms with Gasteiger partial charge in [-0.25, -0.2) is 4.79 Å². The summed E-state index contributed by atoms with van der Waals surface area (Å²) in [5, 5.41) is 34.5. The van der Waals surface area contributed by atoms with Crippen molar-refractivity contribution in [3.05, 3.63) is 47.1 Å². The zero-order valence-electron chi connectivity index (χ0n) is 21.3. The molecule has 1 aromatic rings. The second-order valence-corrected chi connectivity index (χ2v) is 11.6. The molecule has 9 atom stereocenters. The molecule has 2 fully saturated rings. The molecule has 5 rings (SSSR count). The second kappa shape index (κ2) is 7.94. The topological polar surface area (TPSA) is 136 Å². The van der Waals surface area contributed by atoms with E-state index in [-0.39, 0.29) is 6.42 Å². The van der Waals surface area contributed by atoms with Crippen molar-refractivity contribution in [3.63, 3.8) is 0 Å². The van der Waals surface area contributed by atoms with E-state index in [9.17, 15) is 24.9 Å². The van der Waals surface area contributed by atoms with Gasteiger partial charge >= 0.3 is 11.9 Å². The number of aliphatic hydroxyl groups is 3. The number of cyclic esters (lactones) is 1. The largest absolute Gasteiger partial charge is 0.491 e. The summed E-state index contributed by atoms with van der Waals surface area (Å²) >= 11 is 0. The molecule has 1 saturated carbocycles. The second-order valence-electron chi connectivity index (χ2n) is 11.6. The molecule has 9 heteroatoms. The zero-order chi connectivity index (χ0) is 26.4. The Labute approximate surface area is 209 Å². The van der Waals surface area contributed by atoms with Crippen molar-refractivity contribution in [2.45, 2.75) is 71.6 Å². The Kier molecular flexibility index (Phi) is 5.52. The molecule has 2 aliphatic heterocycles. The molecule has 9 unspecified atom stereocenters. The van der Waals surface area contributed by atoms with E-state index in [1.165, 1.54) is 25.7 Å². The third-order valence-corrected chi connectivity index (χ3v) is 9.63. The summed E-state index contributed by atoms with van der Waals surface area (Å²) in [5.74, 6) is -1.71. The number of furan rings is 1. The number of ether oxygens (including phenoxy) is 3. The monoisotopic (exact) mass is 502 g/mol. The number of aliphatic hydroxyl groups excluding tert-OH is 3. The number of allylic oxidation sites excluding steroid dienone is 1. The Morgan fingerprint density at radius 1 is 1.11 bits per heavy atom. The molecule has 36 heavy (non-hydrogen) atoms. The Balaban J connectivity index is 1.73. The van der Waals surface area contributed by atoms with Gasteiger partial charge in [-0.05, 0) is 42.4 Å². The molecule has 0 bridgehead atoms. The van der Waals surface area contributed by atoms with Crippen molar-refractivity contribution in [1.82, 2.24) is 0 Å². The predicted molar refractivity (Wildman–Crippen MR) is 125 cm³/mol. The first-order valence-electron chi connectivity index (χ1n) is 12.2. The molecule has 4 aliphatic rings. The average Bonchev–Trinajstić information content (AvgIpc) is 3.47. The fourth-order valence-corrected chi connectivity index (χ4v) is 7.63. The molecule has 0 amide bonds. The fourth-order valence-electron chi connectivity index (χ4n) is 7.63. The predicted octanol–water partition coefficient (Wildman–Crippen LogP) is 2.42. The van der Waals surface area contributed by atoms with Gasteiger partial charge in [0.05, 0.1) is 43.2 Å². The lowest BCUT2D eigenvalue weighted by Crippen LogP contribution is -2.66.